The van der Waals surface area contributed by atoms with E-state index in [4.69, 9.17) is 11.6 Å². The number of nitrogens with one attached hydrogen (secondary N) is 1. The maximum atomic E-state index is 13.1. The highest BCUT2D eigenvalue weighted by Crippen LogP contribution is 2.27. The molecule has 2 aromatic carbocycles. The molecule has 8 heteroatoms. The predicted octanol–water partition coefficient (Wildman–Crippen LogP) is 3.50. The molecule has 6 nitrogen and oxygen atoms in total. The average molecular weight is 436 g/mol. The SMILES string of the molecule is CC(=O)Nc1ccc(S(=O)(=O)N2CCCN(Cc3ccc(C)cc3)CC2)cc1Cl. The number of anilines is 1. The molecule has 0 aliphatic carbocycles. The van der Waals surface area contributed by atoms with Crippen molar-refractivity contribution in [1.82, 2.24) is 9.21 Å². The van der Waals surface area contributed by atoms with Crippen LogP contribution < -0.4 is 5.32 Å². The number of halogens is 1. The Labute approximate surface area is 177 Å². The molecular formula is C21H26ClN3O3S. The Hall–Kier alpha value is -1.93. The molecule has 0 saturated carbocycles. The highest BCUT2D eigenvalue weighted by atomic mass is 35.5. The molecule has 1 aliphatic heterocycles. The minimum absolute atomic E-state index is 0.142. The number of hydrogen-bond donors (Lipinski definition) is 1. The van der Waals surface area contributed by atoms with Gasteiger partial charge in [0.05, 0.1) is 15.6 Å². The van der Waals surface area contributed by atoms with Crippen LogP contribution in [0.1, 0.15) is 24.5 Å². The summed E-state index contributed by atoms with van der Waals surface area (Å²) in [5.74, 6) is -0.260. The first kappa shape index (κ1) is 21.8. The zero-order chi connectivity index (χ0) is 21.0. The topological polar surface area (TPSA) is 69.7 Å². The van der Waals surface area contributed by atoms with Gasteiger partial charge >= 0.3 is 0 Å². The number of carbonyl (C=O) groups is 1. The number of rotatable bonds is 5. The molecule has 0 aromatic heterocycles. The first-order valence-electron chi connectivity index (χ1n) is 9.61. The molecule has 29 heavy (non-hydrogen) atoms. The van der Waals surface area contributed by atoms with Gasteiger partial charge in [0.25, 0.3) is 0 Å². The summed E-state index contributed by atoms with van der Waals surface area (Å²) in [5, 5.41) is 2.79. The normalized spacial score (nSPS) is 16.4. The van der Waals surface area contributed by atoms with E-state index in [1.807, 2.05) is 0 Å². The van der Waals surface area contributed by atoms with Gasteiger partial charge in [-0.15, -0.1) is 0 Å². The van der Waals surface area contributed by atoms with Gasteiger partial charge in [0, 0.05) is 33.1 Å². The minimum atomic E-state index is -3.65. The number of hydrogen-bond acceptors (Lipinski definition) is 4. The summed E-state index contributed by atoms with van der Waals surface area (Å²) < 4.78 is 27.7. The molecule has 0 radical (unpaired) electrons. The van der Waals surface area contributed by atoms with E-state index in [1.54, 1.807) is 0 Å². The third-order valence-corrected chi connectivity index (χ3v) is 7.17. The van der Waals surface area contributed by atoms with Crippen molar-refractivity contribution in [2.45, 2.75) is 31.7 Å². The summed E-state index contributed by atoms with van der Waals surface area (Å²) in [6.07, 6.45) is 0.767. The molecule has 1 saturated heterocycles. The lowest BCUT2D eigenvalue weighted by Crippen LogP contribution is -2.35. The van der Waals surface area contributed by atoms with Gasteiger partial charge < -0.3 is 5.32 Å². The minimum Gasteiger partial charge on any atom is -0.325 e. The fourth-order valence-corrected chi connectivity index (χ4v) is 5.18. The zero-order valence-corrected chi connectivity index (χ0v) is 18.3. The van der Waals surface area contributed by atoms with Gasteiger partial charge in [0.1, 0.15) is 0 Å². The zero-order valence-electron chi connectivity index (χ0n) is 16.7. The Kier molecular flexibility index (Phi) is 6.95. The highest BCUT2D eigenvalue weighted by molar-refractivity contribution is 7.89. The van der Waals surface area contributed by atoms with Crippen LogP contribution in [0.3, 0.4) is 0 Å². The van der Waals surface area contributed by atoms with Gasteiger partial charge in [-0.1, -0.05) is 41.4 Å². The number of carbonyl (C=O) groups excluding carboxylic acids is 1. The third kappa shape index (κ3) is 5.57. The van der Waals surface area contributed by atoms with Crippen LogP contribution in [0.2, 0.25) is 5.02 Å². The molecule has 0 atom stereocenters. The van der Waals surface area contributed by atoms with Crippen LogP contribution in [-0.4, -0.2) is 49.7 Å². The van der Waals surface area contributed by atoms with Crippen LogP contribution in [0.25, 0.3) is 0 Å². The molecule has 1 amide bonds. The van der Waals surface area contributed by atoms with Gasteiger partial charge in [0.2, 0.25) is 15.9 Å². The van der Waals surface area contributed by atoms with E-state index in [0.29, 0.717) is 25.3 Å². The smallest absolute Gasteiger partial charge is 0.243 e. The first-order valence-corrected chi connectivity index (χ1v) is 11.4. The second kappa shape index (κ2) is 9.26. The Morgan fingerprint density at radius 2 is 1.79 bits per heavy atom. The van der Waals surface area contributed by atoms with Gasteiger partial charge in [-0.25, -0.2) is 8.42 Å². The summed E-state index contributed by atoms with van der Waals surface area (Å²) in [6, 6.07) is 12.8. The van der Waals surface area contributed by atoms with Crippen LogP contribution in [0.15, 0.2) is 47.4 Å². The largest absolute Gasteiger partial charge is 0.325 e. The molecule has 1 aliphatic rings. The Morgan fingerprint density at radius 3 is 2.45 bits per heavy atom. The first-order chi connectivity index (χ1) is 13.8. The van der Waals surface area contributed by atoms with Crippen molar-refractivity contribution in [2.75, 3.05) is 31.5 Å². The van der Waals surface area contributed by atoms with Crippen LogP contribution in [0.4, 0.5) is 5.69 Å². The van der Waals surface area contributed by atoms with E-state index >= 15 is 0 Å². The van der Waals surface area contributed by atoms with Crippen molar-refractivity contribution >= 4 is 33.2 Å². The number of sulfonamides is 1. The number of amides is 1. The summed E-state index contributed by atoms with van der Waals surface area (Å²) in [5.41, 5.74) is 2.86. The maximum Gasteiger partial charge on any atom is 0.243 e. The molecule has 1 heterocycles. The second-order valence-electron chi connectivity index (χ2n) is 7.34. The van der Waals surface area contributed by atoms with Gasteiger partial charge in [-0.2, -0.15) is 4.31 Å². The van der Waals surface area contributed by atoms with Gasteiger partial charge in [-0.3, -0.25) is 9.69 Å². The second-order valence-corrected chi connectivity index (χ2v) is 9.69. The van der Waals surface area contributed by atoms with Crippen molar-refractivity contribution in [3.63, 3.8) is 0 Å². The van der Waals surface area contributed by atoms with Crippen LogP contribution in [-0.2, 0) is 21.4 Å². The summed E-state index contributed by atoms with van der Waals surface area (Å²) in [7, 11) is -3.65. The van der Waals surface area contributed by atoms with E-state index in [-0.39, 0.29) is 15.8 Å². The van der Waals surface area contributed by atoms with Crippen LogP contribution >= 0.6 is 11.6 Å². The Bertz CT molecular complexity index is 977. The molecule has 0 unspecified atom stereocenters. The van der Waals surface area contributed by atoms with Crippen molar-refractivity contribution in [3.05, 3.63) is 58.6 Å². The molecule has 3 rings (SSSR count). The summed E-state index contributed by atoms with van der Waals surface area (Å²) in [6.45, 7) is 6.67. The van der Waals surface area contributed by atoms with E-state index in [2.05, 4.69) is 41.4 Å². The molecule has 0 bridgehead atoms. The number of aryl methyl sites for hydroxylation is 1. The lowest BCUT2D eigenvalue weighted by atomic mass is 10.1. The van der Waals surface area contributed by atoms with Crippen LogP contribution in [0.5, 0.6) is 0 Å². The standard InChI is InChI=1S/C21H26ClN3O3S/c1-16-4-6-18(7-5-16)15-24-10-3-11-25(13-12-24)29(27,28)19-8-9-21(20(22)14-19)23-17(2)26/h4-9,14H,3,10-13,15H2,1-2H3,(H,23,26). The lowest BCUT2D eigenvalue weighted by molar-refractivity contribution is -0.114. The fourth-order valence-electron chi connectivity index (χ4n) is 3.39. The number of nitrogens with zero attached hydrogens (tertiary/aromatic N) is 2. The monoisotopic (exact) mass is 435 g/mol. The highest BCUT2D eigenvalue weighted by Gasteiger charge is 2.27. The third-order valence-electron chi connectivity index (χ3n) is 4.96. The molecular weight excluding hydrogens is 410 g/mol. The predicted molar refractivity (Wildman–Crippen MR) is 116 cm³/mol. The quantitative estimate of drug-likeness (QED) is 0.780. The Balaban J connectivity index is 1.69. The fraction of sp³-hybridized carbons (Fsp3) is 0.381. The molecule has 0 spiro atoms. The summed E-state index contributed by atoms with van der Waals surface area (Å²) in [4.78, 5) is 13.6. The van der Waals surface area contributed by atoms with E-state index in [1.165, 1.54) is 40.6 Å². The molecule has 2 aromatic rings. The lowest BCUT2D eigenvalue weighted by Gasteiger charge is -2.22. The van der Waals surface area contributed by atoms with Crippen molar-refractivity contribution in [3.8, 4) is 0 Å². The van der Waals surface area contributed by atoms with Crippen molar-refractivity contribution in [1.29, 1.82) is 0 Å². The molecule has 1 N–H and O–H groups in total. The number of benzene rings is 2. The average Bonchev–Trinajstić information content (AvgIpc) is 2.91. The maximum absolute atomic E-state index is 13.1. The van der Waals surface area contributed by atoms with E-state index in [0.717, 1.165) is 19.5 Å². The van der Waals surface area contributed by atoms with Gasteiger partial charge in [-0.05, 0) is 43.7 Å². The molecule has 156 valence electrons. The molecule has 1 fully saturated rings. The van der Waals surface area contributed by atoms with E-state index in [9.17, 15) is 13.2 Å². The van der Waals surface area contributed by atoms with E-state index < -0.39 is 10.0 Å². The Morgan fingerprint density at radius 1 is 1.07 bits per heavy atom. The van der Waals surface area contributed by atoms with Gasteiger partial charge in [0.15, 0.2) is 0 Å². The summed E-state index contributed by atoms with van der Waals surface area (Å²) >= 11 is 6.17. The van der Waals surface area contributed by atoms with Crippen molar-refractivity contribution < 1.29 is 13.2 Å². The van der Waals surface area contributed by atoms with Crippen LogP contribution in [0, 0.1) is 6.92 Å². The van der Waals surface area contributed by atoms with Crippen molar-refractivity contribution in [2.24, 2.45) is 0 Å².